The van der Waals surface area contributed by atoms with E-state index in [0.29, 0.717) is 19.0 Å². The molecule has 0 atom stereocenters. The highest BCUT2D eigenvalue weighted by Crippen LogP contribution is 2.29. The Labute approximate surface area is 130 Å². The van der Waals surface area contributed by atoms with E-state index in [1.54, 1.807) is 4.31 Å². The molecule has 0 aromatic heterocycles. The molecule has 1 saturated carbocycles. The van der Waals surface area contributed by atoms with Crippen LogP contribution in [0, 0.1) is 5.92 Å². The summed E-state index contributed by atoms with van der Waals surface area (Å²) < 4.78 is 29.8. The first kappa shape index (κ1) is 17.2. The third kappa shape index (κ3) is 4.91. The van der Waals surface area contributed by atoms with Crippen LogP contribution in [0.5, 0.6) is 0 Å². The number of nitrogens with zero attached hydrogens (tertiary/aromatic N) is 1. The molecule has 5 nitrogen and oxygen atoms in total. The Hall–Kier alpha value is -0.170. The maximum Gasteiger partial charge on any atom is 0.279 e. The van der Waals surface area contributed by atoms with Gasteiger partial charge in [-0.1, -0.05) is 26.2 Å². The minimum atomic E-state index is -3.32. The average molecular weight is 317 g/mol. The van der Waals surface area contributed by atoms with Gasteiger partial charge in [-0.25, -0.2) is 0 Å². The van der Waals surface area contributed by atoms with Crippen LogP contribution in [0.1, 0.15) is 58.8 Å². The summed E-state index contributed by atoms with van der Waals surface area (Å²) in [6.45, 7) is 7.47. The molecule has 21 heavy (non-hydrogen) atoms. The largest absolute Gasteiger partial charge is 0.317 e. The van der Waals surface area contributed by atoms with E-state index in [1.165, 1.54) is 6.42 Å². The van der Waals surface area contributed by atoms with Crippen LogP contribution in [0.25, 0.3) is 0 Å². The number of hydrogen-bond donors (Lipinski definition) is 2. The van der Waals surface area contributed by atoms with Crippen molar-refractivity contribution in [3.63, 3.8) is 0 Å². The third-order valence-electron chi connectivity index (χ3n) is 4.93. The lowest BCUT2D eigenvalue weighted by molar-refractivity contribution is 0.249. The Bertz CT molecular complexity index is 411. The van der Waals surface area contributed by atoms with Crippen LogP contribution in [-0.2, 0) is 10.2 Å². The zero-order valence-electron chi connectivity index (χ0n) is 13.5. The Balaban J connectivity index is 1.86. The molecule has 0 spiro atoms. The van der Waals surface area contributed by atoms with Crippen LogP contribution < -0.4 is 10.0 Å². The fourth-order valence-corrected chi connectivity index (χ4v) is 5.16. The van der Waals surface area contributed by atoms with E-state index < -0.39 is 10.2 Å². The summed E-state index contributed by atoms with van der Waals surface area (Å²) in [5.41, 5.74) is -0.238. The van der Waals surface area contributed by atoms with Crippen molar-refractivity contribution in [2.75, 3.05) is 26.2 Å². The molecule has 6 heteroatoms. The predicted octanol–water partition coefficient (Wildman–Crippen LogP) is 1.87. The van der Waals surface area contributed by atoms with E-state index in [4.69, 9.17) is 0 Å². The van der Waals surface area contributed by atoms with E-state index in [2.05, 4.69) is 23.9 Å². The lowest BCUT2D eigenvalue weighted by Gasteiger charge is -2.38. The van der Waals surface area contributed by atoms with Gasteiger partial charge in [0.2, 0.25) is 0 Å². The summed E-state index contributed by atoms with van der Waals surface area (Å²) in [5, 5.41) is 3.36. The van der Waals surface area contributed by atoms with Crippen LogP contribution >= 0.6 is 0 Å². The van der Waals surface area contributed by atoms with Gasteiger partial charge in [0.05, 0.1) is 0 Å². The van der Waals surface area contributed by atoms with E-state index in [1.807, 2.05) is 0 Å². The summed E-state index contributed by atoms with van der Waals surface area (Å²) in [4.78, 5) is 0. The summed E-state index contributed by atoms with van der Waals surface area (Å²) in [5.74, 6) is 0.613. The molecule has 2 N–H and O–H groups in total. The molecule has 2 fully saturated rings. The summed E-state index contributed by atoms with van der Waals surface area (Å²) in [7, 11) is -3.32. The Kier molecular flexibility index (Phi) is 6.05. The first-order chi connectivity index (χ1) is 9.95. The fraction of sp³-hybridized carbons (Fsp3) is 1.00. The van der Waals surface area contributed by atoms with Crippen molar-refractivity contribution in [3.05, 3.63) is 0 Å². The number of piperidine rings is 1. The molecule has 0 aromatic rings. The zero-order valence-corrected chi connectivity index (χ0v) is 14.3. The quantitative estimate of drug-likeness (QED) is 0.786. The second-order valence-electron chi connectivity index (χ2n) is 6.88. The van der Waals surface area contributed by atoms with Gasteiger partial charge in [0, 0.05) is 18.6 Å². The molecule has 1 aliphatic heterocycles. The van der Waals surface area contributed by atoms with E-state index >= 15 is 0 Å². The average Bonchev–Trinajstić information content (AvgIpc) is 2.45. The van der Waals surface area contributed by atoms with Gasteiger partial charge in [-0.05, 0) is 51.6 Å². The van der Waals surface area contributed by atoms with Gasteiger partial charge in [0.25, 0.3) is 10.2 Å². The highest BCUT2D eigenvalue weighted by Gasteiger charge is 2.35. The Morgan fingerprint density at radius 3 is 2.33 bits per heavy atom. The number of nitrogens with one attached hydrogen (secondary N) is 2. The zero-order chi connectivity index (χ0) is 15.3. The molecule has 0 amide bonds. The van der Waals surface area contributed by atoms with Crippen molar-refractivity contribution >= 4 is 10.2 Å². The first-order valence-electron chi connectivity index (χ1n) is 8.45. The monoisotopic (exact) mass is 317 g/mol. The van der Waals surface area contributed by atoms with Crippen molar-refractivity contribution in [2.24, 2.45) is 5.92 Å². The molecule has 0 radical (unpaired) electrons. The lowest BCUT2D eigenvalue weighted by atomic mass is 9.84. The van der Waals surface area contributed by atoms with Crippen LogP contribution in [0.3, 0.4) is 0 Å². The number of hydrogen-bond acceptors (Lipinski definition) is 3. The van der Waals surface area contributed by atoms with Crippen LogP contribution in [0.15, 0.2) is 0 Å². The van der Waals surface area contributed by atoms with Crippen molar-refractivity contribution in [2.45, 2.75) is 64.3 Å². The summed E-state index contributed by atoms with van der Waals surface area (Å²) in [6, 6.07) is 0. The molecular weight excluding hydrogens is 286 g/mol. The molecule has 2 aliphatic rings. The molecular formula is C15H31N3O2S. The molecule has 1 saturated heterocycles. The third-order valence-corrected chi connectivity index (χ3v) is 6.72. The molecule has 1 heterocycles. The Morgan fingerprint density at radius 2 is 1.76 bits per heavy atom. The second kappa shape index (κ2) is 7.40. The maximum atomic E-state index is 12.6. The molecule has 1 aliphatic carbocycles. The van der Waals surface area contributed by atoms with Crippen molar-refractivity contribution in [1.82, 2.24) is 14.3 Å². The highest BCUT2D eigenvalue weighted by atomic mass is 32.2. The second-order valence-corrected chi connectivity index (χ2v) is 8.55. The molecule has 124 valence electrons. The van der Waals surface area contributed by atoms with Gasteiger partial charge >= 0.3 is 0 Å². The summed E-state index contributed by atoms with van der Waals surface area (Å²) >= 11 is 0. The smallest absolute Gasteiger partial charge is 0.279 e. The van der Waals surface area contributed by atoms with Gasteiger partial charge in [-0.3, -0.25) is 0 Å². The Morgan fingerprint density at radius 1 is 1.14 bits per heavy atom. The minimum Gasteiger partial charge on any atom is -0.317 e. The first-order valence-corrected chi connectivity index (χ1v) is 9.89. The summed E-state index contributed by atoms with van der Waals surface area (Å²) in [6.07, 6.45) is 7.34. The van der Waals surface area contributed by atoms with Crippen LogP contribution in [-0.4, -0.2) is 44.4 Å². The van der Waals surface area contributed by atoms with Gasteiger partial charge in [0.15, 0.2) is 0 Å². The topological polar surface area (TPSA) is 61.4 Å². The highest BCUT2D eigenvalue weighted by molar-refractivity contribution is 7.87. The number of rotatable bonds is 6. The van der Waals surface area contributed by atoms with Crippen molar-refractivity contribution in [3.8, 4) is 0 Å². The van der Waals surface area contributed by atoms with Crippen molar-refractivity contribution < 1.29 is 8.42 Å². The molecule has 0 bridgehead atoms. The van der Waals surface area contributed by atoms with Gasteiger partial charge in [-0.2, -0.15) is 17.4 Å². The van der Waals surface area contributed by atoms with Crippen molar-refractivity contribution in [1.29, 1.82) is 0 Å². The maximum absolute atomic E-state index is 12.6. The molecule has 0 unspecified atom stereocenters. The lowest BCUT2D eigenvalue weighted by Crippen LogP contribution is -2.54. The van der Waals surface area contributed by atoms with Gasteiger partial charge in [-0.15, -0.1) is 0 Å². The molecule has 2 rings (SSSR count). The van der Waals surface area contributed by atoms with Crippen LogP contribution in [0.4, 0.5) is 0 Å². The predicted molar refractivity (Wildman–Crippen MR) is 86.4 cm³/mol. The van der Waals surface area contributed by atoms with E-state index in [0.717, 1.165) is 51.6 Å². The minimum absolute atomic E-state index is 0.238. The van der Waals surface area contributed by atoms with Gasteiger partial charge in [0.1, 0.15) is 0 Å². The van der Waals surface area contributed by atoms with E-state index in [9.17, 15) is 8.42 Å². The standard InChI is InChI=1S/C15H31N3O2S/c1-3-16-13-14-7-11-18(12-8-14)21(19,20)17-15(2)9-5-4-6-10-15/h14,16-17H,3-13H2,1-2H3. The normalized spacial score (nSPS) is 25.0. The molecule has 0 aromatic carbocycles. The van der Waals surface area contributed by atoms with E-state index in [-0.39, 0.29) is 5.54 Å². The van der Waals surface area contributed by atoms with Crippen LogP contribution in [0.2, 0.25) is 0 Å². The fourth-order valence-electron chi connectivity index (χ4n) is 3.51. The van der Waals surface area contributed by atoms with Gasteiger partial charge < -0.3 is 5.32 Å². The SMILES string of the molecule is CCNCC1CCN(S(=O)(=O)NC2(C)CCCCC2)CC1.